The lowest BCUT2D eigenvalue weighted by Crippen LogP contribution is -2.42. The molecule has 2 aromatic carbocycles. The van der Waals surface area contributed by atoms with Crippen LogP contribution in [-0.4, -0.2) is 38.9 Å². The summed E-state index contributed by atoms with van der Waals surface area (Å²) in [6, 6.07) is 19.0. The van der Waals surface area contributed by atoms with E-state index in [0.29, 0.717) is 22.2 Å². The van der Waals surface area contributed by atoms with Crippen LogP contribution >= 0.6 is 23.4 Å². The van der Waals surface area contributed by atoms with Gasteiger partial charge in [-0.1, -0.05) is 50.6 Å². The third-order valence-corrected chi connectivity index (χ3v) is 8.01. The number of rotatable bonds is 6. The molecular weight excluding hydrogens is 549 g/mol. The average molecular weight is 578 g/mol. The number of carbonyl (C=O) groups excluding carboxylic acids is 2. The molecule has 5 rings (SSSR count). The van der Waals surface area contributed by atoms with Gasteiger partial charge in [-0.2, -0.15) is 5.10 Å². The zero-order chi connectivity index (χ0) is 28.4. The summed E-state index contributed by atoms with van der Waals surface area (Å²) in [5.74, 6) is -0.309. The predicted molar refractivity (Wildman–Crippen MR) is 156 cm³/mol. The van der Waals surface area contributed by atoms with Crippen molar-refractivity contribution in [2.45, 2.75) is 38.0 Å². The maximum atomic E-state index is 13.9. The molecule has 40 heavy (non-hydrogen) atoms. The summed E-state index contributed by atoms with van der Waals surface area (Å²) < 4.78 is 15.5. The average Bonchev–Trinajstić information content (AvgIpc) is 3.26. The van der Waals surface area contributed by atoms with Gasteiger partial charge >= 0.3 is 0 Å². The van der Waals surface area contributed by atoms with Gasteiger partial charge in [0.05, 0.1) is 34.6 Å². The van der Waals surface area contributed by atoms with Crippen LogP contribution in [0.5, 0.6) is 0 Å². The molecule has 0 radical (unpaired) electrons. The van der Waals surface area contributed by atoms with Crippen LogP contribution in [0.4, 0.5) is 10.2 Å². The molecule has 0 unspecified atom stereocenters. The Morgan fingerprint density at radius 2 is 1.90 bits per heavy atom. The fourth-order valence-electron chi connectivity index (χ4n) is 4.66. The number of halogens is 2. The van der Waals surface area contributed by atoms with E-state index in [2.05, 4.69) is 31.1 Å². The topological polar surface area (TPSA) is 80.1 Å². The molecule has 0 saturated carbocycles. The minimum atomic E-state index is -0.410. The van der Waals surface area contributed by atoms with Crippen LogP contribution in [-0.2, 0) is 21.5 Å². The highest BCUT2D eigenvalue weighted by molar-refractivity contribution is 8.00. The zero-order valence-corrected chi connectivity index (χ0v) is 24.0. The highest BCUT2D eigenvalue weighted by Gasteiger charge is 2.40. The summed E-state index contributed by atoms with van der Waals surface area (Å²) in [5, 5.41) is 8.19. The zero-order valence-electron chi connectivity index (χ0n) is 22.4. The Bertz CT molecular complexity index is 1540. The number of benzene rings is 2. The van der Waals surface area contributed by atoms with Crippen molar-refractivity contribution >= 4 is 41.0 Å². The van der Waals surface area contributed by atoms with E-state index in [1.165, 1.54) is 28.8 Å². The van der Waals surface area contributed by atoms with Crippen molar-refractivity contribution in [1.29, 1.82) is 0 Å². The lowest BCUT2D eigenvalue weighted by atomic mass is 9.87. The van der Waals surface area contributed by atoms with Crippen LogP contribution in [0, 0.1) is 5.82 Å². The van der Waals surface area contributed by atoms with Crippen molar-refractivity contribution in [1.82, 2.24) is 20.1 Å². The predicted octanol–water partition coefficient (Wildman–Crippen LogP) is 5.84. The van der Waals surface area contributed by atoms with Gasteiger partial charge in [-0.15, -0.1) is 11.8 Å². The number of amides is 2. The van der Waals surface area contributed by atoms with Crippen LogP contribution in [0.3, 0.4) is 0 Å². The van der Waals surface area contributed by atoms with E-state index in [1.807, 2.05) is 36.4 Å². The number of aromatic nitrogens is 3. The fraction of sp³-hybridized carbons (Fsp3) is 0.267. The molecule has 0 aliphatic carbocycles. The normalized spacial score (nSPS) is 15.5. The first-order valence-corrected chi connectivity index (χ1v) is 14.3. The first-order valence-electron chi connectivity index (χ1n) is 12.8. The summed E-state index contributed by atoms with van der Waals surface area (Å²) in [6.45, 7) is 6.19. The SMILES string of the molecule is CC(C)(C)c1nn(-c2ccc(F)cc2)c2c1[C@@H](c1cccc(Cl)c1)SCC(=O)N2CC(=O)NCc1ccccn1. The highest BCUT2D eigenvalue weighted by Crippen LogP contribution is 2.48. The first-order chi connectivity index (χ1) is 19.1. The van der Waals surface area contributed by atoms with Gasteiger partial charge in [0.2, 0.25) is 11.8 Å². The van der Waals surface area contributed by atoms with Crippen molar-refractivity contribution in [3.63, 3.8) is 0 Å². The Hall–Kier alpha value is -3.69. The lowest BCUT2D eigenvalue weighted by Gasteiger charge is -2.24. The van der Waals surface area contributed by atoms with Crippen molar-refractivity contribution < 1.29 is 14.0 Å². The minimum Gasteiger partial charge on any atom is -0.349 e. The van der Waals surface area contributed by atoms with E-state index in [4.69, 9.17) is 16.7 Å². The van der Waals surface area contributed by atoms with Crippen LogP contribution in [0.2, 0.25) is 5.02 Å². The molecule has 0 fully saturated rings. The molecule has 2 aromatic heterocycles. The van der Waals surface area contributed by atoms with Gasteiger partial charge in [0.25, 0.3) is 0 Å². The van der Waals surface area contributed by atoms with Gasteiger partial charge in [0, 0.05) is 22.2 Å². The van der Waals surface area contributed by atoms with E-state index in [9.17, 15) is 14.0 Å². The number of hydrogen-bond donors (Lipinski definition) is 1. The molecule has 7 nitrogen and oxygen atoms in total. The monoisotopic (exact) mass is 577 g/mol. The summed E-state index contributed by atoms with van der Waals surface area (Å²) in [4.78, 5) is 32.7. The van der Waals surface area contributed by atoms with Gasteiger partial charge in [0.15, 0.2) is 0 Å². The second-order valence-corrected chi connectivity index (χ2v) is 12.1. The summed E-state index contributed by atoms with van der Waals surface area (Å²) in [5.41, 5.74) is 3.41. The van der Waals surface area contributed by atoms with Crippen LogP contribution in [0.25, 0.3) is 5.69 Å². The van der Waals surface area contributed by atoms with Gasteiger partial charge in [-0.3, -0.25) is 19.5 Å². The number of hydrogen-bond acceptors (Lipinski definition) is 5. The molecule has 4 aromatic rings. The molecule has 206 valence electrons. The smallest absolute Gasteiger partial charge is 0.240 e. The van der Waals surface area contributed by atoms with Crippen molar-refractivity contribution in [3.05, 3.63) is 106 Å². The van der Waals surface area contributed by atoms with Crippen LogP contribution in [0.1, 0.15) is 48.5 Å². The Morgan fingerprint density at radius 1 is 1.12 bits per heavy atom. The molecule has 2 amide bonds. The maximum Gasteiger partial charge on any atom is 0.240 e. The van der Waals surface area contributed by atoms with Gasteiger partial charge < -0.3 is 5.32 Å². The molecule has 1 aliphatic rings. The fourth-order valence-corrected chi connectivity index (χ4v) is 6.05. The molecule has 0 saturated heterocycles. The Morgan fingerprint density at radius 3 is 2.58 bits per heavy atom. The van der Waals surface area contributed by atoms with Crippen molar-refractivity contribution in [2.24, 2.45) is 0 Å². The number of nitrogens with one attached hydrogen (secondary N) is 1. The lowest BCUT2D eigenvalue weighted by molar-refractivity contribution is -0.123. The summed E-state index contributed by atoms with van der Waals surface area (Å²) in [7, 11) is 0. The first kappa shape index (κ1) is 27.9. The van der Waals surface area contributed by atoms with Gasteiger partial charge in [-0.05, 0) is 54.1 Å². The third-order valence-electron chi connectivity index (χ3n) is 6.52. The van der Waals surface area contributed by atoms with Crippen LogP contribution < -0.4 is 10.2 Å². The molecule has 1 atom stereocenters. The number of pyridine rings is 1. The molecule has 1 aliphatic heterocycles. The van der Waals surface area contributed by atoms with E-state index < -0.39 is 5.41 Å². The maximum absolute atomic E-state index is 13.9. The number of anilines is 1. The van der Waals surface area contributed by atoms with Gasteiger partial charge in [-0.25, -0.2) is 9.07 Å². The van der Waals surface area contributed by atoms with Gasteiger partial charge in [0.1, 0.15) is 18.2 Å². The summed E-state index contributed by atoms with van der Waals surface area (Å²) in [6.07, 6.45) is 1.66. The number of nitrogens with zero attached hydrogens (tertiary/aromatic N) is 4. The molecule has 3 heterocycles. The Balaban J connectivity index is 1.65. The van der Waals surface area contributed by atoms with E-state index >= 15 is 0 Å². The molecule has 10 heteroatoms. The van der Waals surface area contributed by atoms with Crippen molar-refractivity contribution in [2.75, 3.05) is 17.2 Å². The number of thioether (sulfide) groups is 1. The largest absolute Gasteiger partial charge is 0.349 e. The molecule has 0 spiro atoms. The molecular formula is C30H29ClFN5O2S. The molecule has 1 N–H and O–H groups in total. The Kier molecular flexibility index (Phi) is 7.96. The molecule has 0 bridgehead atoms. The second-order valence-electron chi connectivity index (χ2n) is 10.5. The van der Waals surface area contributed by atoms with Crippen LogP contribution in [0.15, 0.2) is 72.9 Å². The van der Waals surface area contributed by atoms with E-state index in [1.54, 1.807) is 29.1 Å². The standard InChI is InChI=1S/C30H29ClFN5O2S/c1-30(2,3)28-26-27(19-7-6-8-20(31)15-19)40-18-25(39)36(17-24(38)34-16-22-9-4-5-14-33-22)29(26)37(35-28)23-12-10-21(32)11-13-23/h4-15,27H,16-18H2,1-3H3,(H,34,38)/t27-/m1/s1. The number of fused-ring (bicyclic) bond motifs is 1. The second kappa shape index (κ2) is 11.4. The summed E-state index contributed by atoms with van der Waals surface area (Å²) >= 11 is 7.86. The quantitative estimate of drug-likeness (QED) is 0.311. The Labute approximate surface area is 241 Å². The number of carbonyl (C=O) groups is 2. The minimum absolute atomic E-state index is 0.145. The van der Waals surface area contributed by atoms with Crippen molar-refractivity contribution in [3.8, 4) is 5.69 Å². The third kappa shape index (κ3) is 5.90. The van der Waals surface area contributed by atoms with E-state index in [-0.39, 0.29) is 41.7 Å². The van der Waals surface area contributed by atoms with E-state index in [0.717, 1.165) is 16.8 Å². The highest BCUT2D eigenvalue weighted by atomic mass is 35.5.